The molecule has 0 radical (unpaired) electrons. The first-order chi connectivity index (χ1) is 12.6. The summed E-state index contributed by atoms with van der Waals surface area (Å²) in [6, 6.07) is 11.1. The topological polar surface area (TPSA) is 91.7 Å². The second kappa shape index (κ2) is 6.32. The molecule has 0 fully saturated rings. The number of amides is 1. The lowest BCUT2D eigenvalue weighted by atomic mass is 10.2. The molecule has 3 aromatic heterocycles. The van der Waals surface area contributed by atoms with E-state index in [0.717, 1.165) is 16.7 Å². The molecule has 26 heavy (non-hydrogen) atoms. The minimum absolute atomic E-state index is 0.217. The lowest BCUT2D eigenvalue weighted by molar-refractivity contribution is 0.102. The van der Waals surface area contributed by atoms with Crippen molar-refractivity contribution in [1.82, 2.24) is 24.7 Å². The zero-order valence-corrected chi connectivity index (χ0v) is 14.3. The fourth-order valence-corrected chi connectivity index (χ4v) is 2.58. The molecular weight excluding hydrogens is 330 g/mol. The predicted molar refractivity (Wildman–Crippen MR) is 99.7 cm³/mol. The number of benzene rings is 1. The average molecular weight is 347 g/mol. The van der Waals surface area contributed by atoms with Crippen LogP contribution in [0.25, 0.3) is 16.7 Å². The molecule has 0 aliphatic rings. The summed E-state index contributed by atoms with van der Waals surface area (Å²) in [6.07, 6.45) is 4.99. The molecule has 3 heterocycles. The van der Waals surface area contributed by atoms with Crippen LogP contribution in [0.15, 0.2) is 55.1 Å². The third-order valence-corrected chi connectivity index (χ3v) is 3.91. The molecule has 8 heteroatoms. The summed E-state index contributed by atoms with van der Waals surface area (Å²) in [6.45, 7) is 0. The number of nitrogens with one attached hydrogen (secondary N) is 2. The molecule has 2 N–H and O–H groups in total. The number of carbonyl (C=O) groups is 1. The molecule has 130 valence electrons. The van der Waals surface area contributed by atoms with Crippen LogP contribution in [0.5, 0.6) is 0 Å². The van der Waals surface area contributed by atoms with Gasteiger partial charge in [0.25, 0.3) is 5.91 Å². The SMILES string of the molecule is CN(C)c1ncn(-c2cccc(NC(=O)c3cnc4[nH]ccc4c3)c2)n1. The number of aromatic amines is 1. The van der Waals surface area contributed by atoms with Gasteiger partial charge in [0.15, 0.2) is 0 Å². The van der Waals surface area contributed by atoms with Crippen molar-refractivity contribution in [3.63, 3.8) is 0 Å². The van der Waals surface area contributed by atoms with Gasteiger partial charge >= 0.3 is 0 Å². The van der Waals surface area contributed by atoms with Crippen molar-refractivity contribution in [2.75, 3.05) is 24.3 Å². The Balaban J connectivity index is 1.56. The van der Waals surface area contributed by atoms with E-state index in [1.807, 2.05) is 49.3 Å². The Morgan fingerprint density at radius 1 is 1.19 bits per heavy atom. The number of pyridine rings is 1. The minimum Gasteiger partial charge on any atom is -0.346 e. The summed E-state index contributed by atoms with van der Waals surface area (Å²) < 4.78 is 1.67. The van der Waals surface area contributed by atoms with Crippen LogP contribution in [-0.4, -0.2) is 44.7 Å². The maximum atomic E-state index is 12.5. The number of rotatable bonds is 4. The molecule has 0 saturated carbocycles. The summed E-state index contributed by atoms with van der Waals surface area (Å²) in [7, 11) is 3.76. The van der Waals surface area contributed by atoms with E-state index in [-0.39, 0.29) is 5.91 Å². The number of anilines is 2. The van der Waals surface area contributed by atoms with Crippen LogP contribution < -0.4 is 10.2 Å². The van der Waals surface area contributed by atoms with E-state index in [9.17, 15) is 4.79 Å². The second-order valence-electron chi connectivity index (χ2n) is 6.03. The van der Waals surface area contributed by atoms with Crippen LogP contribution in [0.1, 0.15) is 10.4 Å². The standard InChI is InChI=1S/C18H17N7O/c1-24(2)18-21-11-25(23-18)15-5-3-4-14(9-15)22-17(26)13-8-12-6-7-19-16(12)20-10-13/h3-11H,1-2H3,(H,19,20)(H,22,26). The average Bonchev–Trinajstić information content (AvgIpc) is 3.30. The minimum atomic E-state index is -0.217. The molecule has 0 aliphatic carbocycles. The van der Waals surface area contributed by atoms with Crippen LogP contribution in [0.4, 0.5) is 11.6 Å². The molecule has 4 aromatic rings. The highest BCUT2D eigenvalue weighted by Gasteiger charge is 2.10. The van der Waals surface area contributed by atoms with Gasteiger partial charge in [-0.3, -0.25) is 4.79 Å². The number of aromatic nitrogens is 5. The van der Waals surface area contributed by atoms with Gasteiger partial charge in [-0.05, 0) is 30.3 Å². The van der Waals surface area contributed by atoms with Crippen molar-refractivity contribution in [2.45, 2.75) is 0 Å². The van der Waals surface area contributed by atoms with E-state index in [1.165, 1.54) is 0 Å². The number of carbonyl (C=O) groups excluding carboxylic acids is 1. The lowest BCUT2D eigenvalue weighted by Gasteiger charge is -2.08. The summed E-state index contributed by atoms with van der Waals surface area (Å²) in [4.78, 5) is 25.8. The van der Waals surface area contributed by atoms with Crippen molar-refractivity contribution < 1.29 is 4.79 Å². The van der Waals surface area contributed by atoms with Gasteiger partial charge in [-0.15, -0.1) is 5.10 Å². The van der Waals surface area contributed by atoms with Gasteiger partial charge < -0.3 is 15.2 Å². The van der Waals surface area contributed by atoms with E-state index in [2.05, 4.69) is 25.4 Å². The molecule has 1 aromatic carbocycles. The molecule has 4 rings (SSSR count). The maximum absolute atomic E-state index is 12.5. The molecule has 0 spiro atoms. The Bertz CT molecular complexity index is 1080. The van der Waals surface area contributed by atoms with Crippen molar-refractivity contribution >= 4 is 28.6 Å². The highest BCUT2D eigenvalue weighted by Crippen LogP contribution is 2.17. The normalized spacial score (nSPS) is 10.8. The third kappa shape index (κ3) is 3.00. The van der Waals surface area contributed by atoms with E-state index >= 15 is 0 Å². The van der Waals surface area contributed by atoms with Gasteiger partial charge in [-0.25, -0.2) is 9.67 Å². The Labute approximate surface area is 149 Å². The second-order valence-corrected chi connectivity index (χ2v) is 6.03. The lowest BCUT2D eigenvalue weighted by Crippen LogP contribution is -2.12. The number of fused-ring (bicyclic) bond motifs is 1. The Kier molecular flexibility index (Phi) is 3.85. The van der Waals surface area contributed by atoms with Gasteiger partial charge in [0, 0.05) is 37.6 Å². The molecule has 0 unspecified atom stereocenters. The molecular formula is C18H17N7O. The number of hydrogen-bond donors (Lipinski definition) is 2. The number of H-pyrrole nitrogens is 1. The van der Waals surface area contributed by atoms with E-state index in [0.29, 0.717) is 17.2 Å². The zero-order valence-electron chi connectivity index (χ0n) is 14.3. The summed E-state index contributed by atoms with van der Waals surface area (Å²) in [5.74, 6) is 0.399. The number of hydrogen-bond acceptors (Lipinski definition) is 5. The van der Waals surface area contributed by atoms with Crippen LogP contribution >= 0.6 is 0 Å². The molecule has 0 aliphatic heterocycles. The first kappa shape index (κ1) is 15.8. The highest BCUT2D eigenvalue weighted by molar-refractivity contribution is 6.05. The van der Waals surface area contributed by atoms with Crippen molar-refractivity contribution in [3.8, 4) is 5.69 Å². The molecule has 1 amide bonds. The molecule has 0 bridgehead atoms. The monoisotopic (exact) mass is 347 g/mol. The van der Waals surface area contributed by atoms with E-state index in [1.54, 1.807) is 29.5 Å². The van der Waals surface area contributed by atoms with Gasteiger partial charge in [0.05, 0.1) is 11.3 Å². The van der Waals surface area contributed by atoms with Crippen LogP contribution in [-0.2, 0) is 0 Å². The van der Waals surface area contributed by atoms with Crippen LogP contribution in [0.3, 0.4) is 0 Å². The van der Waals surface area contributed by atoms with Crippen molar-refractivity contribution in [1.29, 1.82) is 0 Å². The van der Waals surface area contributed by atoms with Gasteiger partial charge in [-0.1, -0.05) is 6.07 Å². The highest BCUT2D eigenvalue weighted by atomic mass is 16.1. The first-order valence-electron chi connectivity index (χ1n) is 8.04. The summed E-state index contributed by atoms with van der Waals surface area (Å²) in [5.41, 5.74) is 2.73. The maximum Gasteiger partial charge on any atom is 0.257 e. The largest absolute Gasteiger partial charge is 0.346 e. The van der Waals surface area contributed by atoms with E-state index in [4.69, 9.17) is 0 Å². The van der Waals surface area contributed by atoms with Crippen molar-refractivity contribution in [3.05, 3.63) is 60.7 Å². The Morgan fingerprint density at radius 2 is 2.08 bits per heavy atom. The Morgan fingerprint density at radius 3 is 2.88 bits per heavy atom. The molecule has 0 saturated heterocycles. The van der Waals surface area contributed by atoms with Crippen LogP contribution in [0.2, 0.25) is 0 Å². The molecule has 8 nitrogen and oxygen atoms in total. The van der Waals surface area contributed by atoms with Gasteiger partial charge in [0.2, 0.25) is 5.95 Å². The first-order valence-corrected chi connectivity index (χ1v) is 8.04. The zero-order chi connectivity index (χ0) is 18.1. The van der Waals surface area contributed by atoms with Crippen molar-refractivity contribution in [2.24, 2.45) is 0 Å². The fourth-order valence-electron chi connectivity index (χ4n) is 2.58. The third-order valence-electron chi connectivity index (χ3n) is 3.91. The smallest absolute Gasteiger partial charge is 0.257 e. The number of nitrogens with zero attached hydrogens (tertiary/aromatic N) is 5. The summed E-state index contributed by atoms with van der Waals surface area (Å²) in [5, 5.41) is 8.18. The quantitative estimate of drug-likeness (QED) is 0.592. The van der Waals surface area contributed by atoms with Crippen LogP contribution in [0, 0.1) is 0 Å². The van der Waals surface area contributed by atoms with Gasteiger partial charge in [-0.2, -0.15) is 4.98 Å². The summed E-state index contributed by atoms with van der Waals surface area (Å²) >= 11 is 0. The van der Waals surface area contributed by atoms with Gasteiger partial charge in [0.1, 0.15) is 12.0 Å². The Hall–Kier alpha value is -3.68. The predicted octanol–water partition coefficient (Wildman–Crippen LogP) is 2.46. The fraction of sp³-hybridized carbons (Fsp3) is 0.111. The van der Waals surface area contributed by atoms with E-state index < -0.39 is 0 Å². The molecule has 0 atom stereocenters.